The van der Waals surface area contributed by atoms with Gasteiger partial charge < -0.3 is 4.74 Å². The Morgan fingerprint density at radius 3 is 2.30 bits per heavy atom. The van der Waals surface area contributed by atoms with E-state index in [1.54, 1.807) is 0 Å². The Kier molecular flexibility index (Phi) is 2.79. The number of hydrogen-bond acceptors (Lipinski definition) is 1. The molecule has 0 fully saturated rings. The van der Waals surface area contributed by atoms with Crippen LogP contribution in [0.5, 0.6) is 11.5 Å². The molecule has 0 N–H and O–H groups in total. The summed E-state index contributed by atoms with van der Waals surface area (Å²) in [5, 5.41) is 2.58. The van der Waals surface area contributed by atoms with Crippen LogP contribution in [0.4, 0.5) is 0 Å². The van der Waals surface area contributed by atoms with Gasteiger partial charge in [-0.05, 0) is 23.3 Å². The first kappa shape index (κ1) is 11.7. The van der Waals surface area contributed by atoms with Crippen LogP contribution in [0.3, 0.4) is 0 Å². The van der Waals surface area contributed by atoms with Crippen molar-refractivity contribution in [1.82, 2.24) is 0 Å². The third kappa shape index (κ3) is 1.92. The summed E-state index contributed by atoms with van der Waals surface area (Å²) >= 11 is 0. The zero-order valence-corrected chi connectivity index (χ0v) is 11.8. The van der Waals surface area contributed by atoms with E-state index in [2.05, 4.69) is 54.6 Å². The zero-order valence-electron chi connectivity index (χ0n) is 10.8. The largest absolute Gasteiger partial charge is 0.456 e. The van der Waals surface area contributed by atoms with Crippen LogP contribution >= 0.6 is 8.58 Å². The standard InChI is InChI=1S/C18H13OP/c1-2-7-13(8-3-1)14-9-6-11-16-18(14)20-17-12-5-4-10-15(17)19-16/h1-12,20H. The summed E-state index contributed by atoms with van der Waals surface area (Å²) in [6.07, 6.45) is 0. The molecule has 2 heteroatoms. The van der Waals surface area contributed by atoms with Crippen molar-refractivity contribution in [1.29, 1.82) is 0 Å². The van der Waals surface area contributed by atoms with E-state index >= 15 is 0 Å². The minimum absolute atomic E-state index is 0.643. The molecular formula is C18H13OP. The lowest BCUT2D eigenvalue weighted by Gasteiger charge is -2.22. The van der Waals surface area contributed by atoms with Crippen molar-refractivity contribution >= 4 is 19.2 Å². The Labute approximate surface area is 120 Å². The maximum Gasteiger partial charge on any atom is 0.135 e. The van der Waals surface area contributed by atoms with Crippen LogP contribution in [0.15, 0.2) is 72.8 Å². The number of fused-ring (bicyclic) bond motifs is 2. The summed E-state index contributed by atoms with van der Waals surface area (Å²) in [4.78, 5) is 0. The summed E-state index contributed by atoms with van der Waals surface area (Å²) in [6.45, 7) is 0. The van der Waals surface area contributed by atoms with Crippen LogP contribution in [-0.4, -0.2) is 0 Å². The second-order valence-corrected chi connectivity index (χ2v) is 6.06. The van der Waals surface area contributed by atoms with Crippen LogP contribution in [0.2, 0.25) is 0 Å². The van der Waals surface area contributed by atoms with Crippen LogP contribution in [-0.2, 0) is 0 Å². The monoisotopic (exact) mass is 276 g/mol. The molecule has 1 heterocycles. The average Bonchev–Trinajstić information content (AvgIpc) is 2.53. The third-order valence-corrected chi connectivity index (χ3v) is 4.93. The predicted octanol–water partition coefficient (Wildman–Crippen LogP) is 4.09. The lowest BCUT2D eigenvalue weighted by Crippen LogP contribution is -2.16. The minimum atomic E-state index is 0.643. The van der Waals surface area contributed by atoms with Gasteiger partial charge in [-0.2, -0.15) is 0 Å². The maximum atomic E-state index is 6.05. The van der Waals surface area contributed by atoms with E-state index in [4.69, 9.17) is 4.74 Å². The SMILES string of the molecule is c1ccc(-c2cccc3c2Pc2ccccc2O3)cc1. The Balaban J connectivity index is 1.87. The quantitative estimate of drug-likeness (QED) is 0.476. The van der Waals surface area contributed by atoms with Gasteiger partial charge in [0, 0.05) is 10.6 Å². The smallest absolute Gasteiger partial charge is 0.135 e. The van der Waals surface area contributed by atoms with Crippen LogP contribution in [0, 0.1) is 0 Å². The second-order valence-electron chi connectivity index (χ2n) is 4.77. The van der Waals surface area contributed by atoms with Crippen molar-refractivity contribution in [2.75, 3.05) is 0 Å². The minimum Gasteiger partial charge on any atom is -0.456 e. The van der Waals surface area contributed by atoms with E-state index in [0.717, 1.165) is 11.5 Å². The normalized spacial score (nSPS) is 13.4. The summed E-state index contributed by atoms with van der Waals surface area (Å²) in [6, 6.07) is 25.1. The van der Waals surface area contributed by atoms with Gasteiger partial charge in [0.25, 0.3) is 0 Å². The highest BCUT2D eigenvalue weighted by atomic mass is 31.1. The molecule has 1 aliphatic rings. The fourth-order valence-corrected chi connectivity index (χ4v) is 3.84. The molecule has 1 atom stereocenters. The molecule has 1 aliphatic heterocycles. The highest BCUT2D eigenvalue weighted by Gasteiger charge is 2.19. The molecule has 3 aromatic rings. The molecule has 0 saturated carbocycles. The summed E-state index contributed by atoms with van der Waals surface area (Å²) < 4.78 is 6.05. The molecule has 1 unspecified atom stereocenters. The topological polar surface area (TPSA) is 9.23 Å². The van der Waals surface area contributed by atoms with Crippen molar-refractivity contribution in [2.24, 2.45) is 0 Å². The first-order chi connectivity index (χ1) is 9.92. The van der Waals surface area contributed by atoms with Gasteiger partial charge in [-0.3, -0.25) is 0 Å². The van der Waals surface area contributed by atoms with E-state index in [0.29, 0.717) is 8.58 Å². The average molecular weight is 276 g/mol. The van der Waals surface area contributed by atoms with Crippen molar-refractivity contribution in [2.45, 2.75) is 0 Å². The fraction of sp³-hybridized carbons (Fsp3) is 0. The molecule has 0 bridgehead atoms. The molecule has 0 radical (unpaired) electrons. The first-order valence-corrected chi connectivity index (χ1v) is 7.64. The molecular weight excluding hydrogens is 263 g/mol. The van der Waals surface area contributed by atoms with Crippen LogP contribution in [0.25, 0.3) is 11.1 Å². The van der Waals surface area contributed by atoms with Gasteiger partial charge >= 0.3 is 0 Å². The van der Waals surface area contributed by atoms with Crippen molar-refractivity contribution in [3.8, 4) is 22.6 Å². The van der Waals surface area contributed by atoms with E-state index in [1.165, 1.54) is 21.7 Å². The van der Waals surface area contributed by atoms with Crippen LogP contribution < -0.4 is 15.3 Å². The summed E-state index contributed by atoms with van der Waals surface area (Å²) in [5.41, 5.74) is 2.52. The zero-order chi connectivity index (χ0) is 13.4. The second kappa shape index (κ2) is 4.77. The Bertz CT molecular complexity index is 765. The van der Waals surface area contributed by atoms with Gasteiger partial charge in [-0.15, -0.1) is 0 Å². The third-order valence-electron chi connectivity index (χ3n) is 3.48. The van der Waals surface area contributed by atoms with E-state index in [-0.39, 0.29) is 0 Å². The number of ether oxygens (including phenoxy) is 1. The van der Waals surface area contributed by atoms with Crippen molar-refractivity contribution in [3.05, 3.63) is 72.8 Å². The lowest BCUT2D eigenvalue weighted by atomic mass is 10.1. The van der Waals surface area contributed by atoms with Crippen LogP contribution in [0.1, 0.15) is 0 Å². The molecule has 1 nitrogen and oxygen atoms in total. The molecule has 0 saturated heterocycles. The maximum absolute atomic E-state index is 6.05. The molecule has 0 aromatic heterocycles. The highest BCUT2D eigenvalue weighted by Crippen LogP contribution is 2.36. The van der Waals surface area contributed by atoms with Gasteiger partial charge in [-0.25, -0.2) is 0 Å². The Morgan fingerprint density at radius 2 is 1.40 bits per heavy atom. The van der Waals surface area contributed by atoms with Gasteiger partial charge in [0.2, 0.25) is 0 Å². The molecule has 0 aliphatic carbocycles. The number of rotatable bonds is 1. The lowest BCUT2D eigenvalue weighted by molar-refractivity contribution is 0.489. The summed E-state index contributed by atoms with van der Waals surface area (Å²) in [7, 11) is 0.643. The molecule has 4 rings (SSSR count). The number of para-hydroxylation sites is 1. The number of benzene rings is 3. The predicted molar refractivity (Wildman–Crippen MR) is 86.0 cm³/mol. The van der Waals surface area contributed by atoms with Crippen molar-refractivity contribution in [3.63, 3.8) is 0 Å². The molecule has 20 heavy (non-hydrogen) atoms. The Hall–Kier alpha value is -2.11. The van der Waals surface area contributed by atoms with E-state index in [9.17, 15) is 0 Å². The highest BCUT2D eigenvalue weighted by molar-refractivity contribution is 7.56. The first-order valence-electron chi connectivity index (χ1n) is 6.64. The van der Waals surface area contributed by atoms with Gasteiger partial charge in [0.15, 0.2) is 0 Å². The molecule has 3 aromatic carbocycles. The molecule has 96 valence electrons. The van der Waals surface area contributed by atoms with Crippen molar-refractivity contribution < 1.29 is 4.74 Å². The molecule has 0 spiro atoms. The fourth-order valence-electron chi connectivity index (χ4n) is 2.52. The molecule has 0 amide bonds. The van der Waals surface area contributed by atoms with E-state index < -0.39 is 0 Å². The Morgan fingerprint density at radius 1 is 0.650 bits per heavy atom. The summed E-state index contributed by atoms with van der Waals surface area (Å²) in [5.74, 6) is 1.98. The number of hydrogen-bond donors (Lipinski definition) is 0. The van der Waals surface area contributed by atoms with Gasteiger partial charge in [0.05, 0.1) is 0 Å². The van der Waals surface area contributed by atoms with Gasteiger partial charge in [-0.1, -0.05) is 69.2 Å². The van der Waals surface area contributed by atoms with Gasteiger partial charge in [0.1, 0.15) is 11.5 Å². The van der Waals surface area contributed by atoms with E-state index in [1.807, 2.05) is 18.2 Å².